The fourth-order valence-electron chi connectivity index (χ4n) is 1.19. The molecule has 0 fully saturated rings. The summed E-state index contributed by atoms with van der Waals surface area (Å²) >= 11 is 0. The van der Waals surface area contributed by atoms with Crippen molar-refractivity contribution in [2.45, 2.75) is 19.3 Å². The molecule has 9 heteroatoms. The van der Waals surface area contributed by atoms with Crippen LogP contribution in [0.2, 0.25) is 0 Å². The van der Waals surface area contributed by atoms with Gasteiger partial charge in [-0.1, -0.05) is 12.2 Å². The third-order valence-corrected chi connectivity index (χ3v) is 2.16. The first kappa shape index (κ1) is 16.0. The summed E-state index contributed by atoms with van der Waals surface area (Å²) in [7, 11) is 0. The lowest BCUT2D eigenvalue weighted by molar-refractivity contribution is -0.130. The second kappa shape index (κ2) is 9.10. The summed E-state index contributed by atoms with van der Waals surface area (Å²) in [6.07, 6.45) is 3.40. The third kappa shape index (κ3) is 6.58. The van der Waals surface area contributed by atoms with E-state index in [0.29, 0.717) is 0 Å². The van der Waals surface area contributed by atoms with E-state index in [0.717, 1.165) is 0 Å². The second-order valence-electron chi connectivity index (χ2n) is 3.46. The molecule has 0 bridgehead atoms. The maximum atomic E-state index is 11.4. The quantitative estimate of drug-likeness (QED) is 0.126. The van der Waals surface area contributed by atoms with Crippen molar-refractivity contribution in [3.63, 3.8) is 0 Å². The Kier molecular flexibility index (Phi) is 8.10. The average molecular weight is 258 g/mol. The third-order valence-electron chi connectivity index (χ3n) is 2.16. The van der Waals surface area contributed by atoms with Crippen LogP contribution in [0.1, 0.15) is 19.3 Å². The van der Waals surface area contributed by atoms with Crippen molar-refractivity contribution in [3.8, 4) is 0 Å². The Bertz CT molecular complexity index is 330. The smallest absolute Gasteiger partial charge is 0.237 e. The van der Waals surface area contributed by atoms with E-state index < -0.39 is 17.7 Å². The van der Waals surface area contributed by atoms with Gasteiger partial charge in [0.15, 0.2) is 0 Å². The highest BCUT2D eigenvalue weighted by Gasteiger charge is 2.19. The zero-order chi connectivity index (χ0) is 14.0. The Morgan fingerprint density at radius 2 is 1.56 bits per heavy atom. The average Bonchev–Trinajstić information content (AvgIpc) is 2.40. The molecule has 18 heavy (non-hydrogen) atoms. The van der Waals surface area contributed by atoms with Crippen molar-refractivity contribution in [1.82, 2.24) is 16.3 Å². The van der Waals surface area contributed by atoms with Crippen LogP contribution < -0.4 is 33.8 Å². The largest absolute Gasteiger partial charge is 0.294 e. The summed E-state index contributed by atoms with van der Waals surface area (Å²) in [5, 5.41) is 0. The molecule has 0 saturated carbocycles. The number of rotatable bonds is 7. The van der Waals surface area contributed by atoms with Crippen LogP contribution in [0, 0.1) is 5.92 Å². The minimum Gasteiger partial charge on any atom is -0.294 e. The number of nitrogens with two attached hydrogens (primary N) is 3. The first-order valence-electron chi connectivity index (χ1n) is 5.19. The van der Waals surface area contributed by atoms with Crippen LogP contribution in [0.3, 0.4) is 0 Å². The first-order chi connectivity index (χ1) is 8.54. The molecule has 1 atom stereocenters. The number of carbonyl (C=O) groups is 3. The van der Waals surface area contributed by atoms with E-state index in [4.69, 9.17) is 17.5 Å². The fraction of sp³-hybridized carbons (Fsp3) is 0.444. The van der Waals surface area contributed by atoms with Crippen LogP contribution in [0.15, 0.2) is 12.2 Å². The first-order valence-corrected chi connectivity index (χ1v) is 5.19. The van der Waals surface area contributed by atoms with Crippen LogP contribution in [0.4, 0.5) is 0 Å². The maximum absolute atomic E-state index is 11.4. The van der Waals surface area contributed by atoms with Gasteiger partial charge < -0.3 is 0 Å². The molecule has 0 aromatic carbocycles. The van der Waals surface area contributed by atoms with Gasteiger partial charge in [-0.2, -0.15) is 0 Å². The highest BCUT2D eigenvalue weighted by atomic mass is 16.2. The van der Waals surface area contributed by atoms with E-state index >= 15 is 0 Å². The molecule has 0 spiro atoms. The Balaban J connectivity index is 4.28. The summed E-state index contributed by atoms with van der Waals surface area (Å²) < 4.78 is 0. The van der Waals surface area contributed by atoms with Crippen molar-refractivity contribution in [2.24, 2.45) is 23.4 Å². The SMILES string of the molecule is NNC(=O)CC=CCC(CC(=O)NN)C(=O)NN. The molecule has 0 radical (unpaired) electrons. The highest BCUT2D eigenvalue weighted by Crippen LogP contribution is 2.09. The Morgan fingerprint density at radius 1 is 0.944 bits per heavy atom. The molecule has 0 aliphatic heterocycles. The summed E-state index contributed by atoms with van der Waals surface area (Å²) in [6.45, 7) is 0. The lowest BCUT2D eigenvalue weighted by Gasteiger charge is -2.11. The van der Waals surface area contributed by atoms with Crippen LogP contribution in [-0.2, 0) is 14.4 Å². The Labute approximate surface area is 104 Å². The number of amides is 3. The van der Waals surface area contributed by atoms with E-state index in [1.54, 1.807) is 12.2 Å². The molecule has 0 aliphatic rings. The molecular weight excluding hydrogens is 240 g/mol. The van der Waals surface area contributed by atoms with Crippen molar-refractivity contribution >= 4 is 17.7 Å². The summed E-state index contributed by atoms with van der Waals surface area (Å²) in [5.41, 5.74) is 5.85. The predicted molar refractivity (Wildman–Crippen MR) is 63.5 cm³/mol. The fourth-order valence-corrected chi connectivity index (χ4v) is 1.19. The number of hydrazine groups is 3. The zero-order valence-electron chi connectivity index (χ0n) is 9.81. The van der Waals surface area contributed by atoms with E-state index in [1.807, 2.05) is 16.3 Å². The number of nitrogens with one attached hydrogen (secondary N) is 3. The number of hydrogen-bond donors (Lipinski definition) is 6. The van der Waals surface area contributed by atoms with Gasteiger partial charge in [-0.25, -0.2) is 17.5 Å². The van der Waals surface area contributed by atoms with Crippen molar-refractivity contribution in [1.29, 1.82) is 0 Å². The van der Waals surface area contributed by atoms with E-state index in [-0.39, 0.29) is 25.2 Å². The van der Waals surface area contributed by atoms with E-state index in [9.17, 15) is 14.4 Å². The van der Waals surface area contributed by atoms with E-state index in [1.165, 1.54) is 0 Å². The van der Waals surface area contributed by atoms with Gasteiger partial charge in [-0.05, 0) is 6.42 Å². The predicted octanol–water partition coefficient (Wildman–Crippen LogP) is -2.70. The molecular formula is C9H18N6O3. The lowest BCUT2D eigenvalue weighted by atomic mass is 10.00. The lowest BCUT2D eigenvalue weighted by Crippen LogP contribution is -2.39. The molecule has 1 unspecified atom stereocenters. The molecule has 0 aliphatic carbocycles. The van der Waals surface area contributed by atoms with Gasteiger partial charge in [0.1, 0.15) is 0 Å². The molecule has 0 saturated heterocycles. The van der Waals surface area contributed by atoms with Crippen LogP contribution in [0.5, 0.6) is 0 Å². The number of allylic oxidation sites excluding steroid dienone is 1. The standard InChI is InChI=1S/C9H18N6O3/c10-13-7(16)4-2-1-3-6(9(18)15-12)5-8(17)14-11/h1-2,6H,3-5,10-12H2,(H,13,16)(H,14,17)(H,15,18). The van der Waals surface area contributed by atoms with E-state index in [2.05, 4.69) is 0 Å². The van der Waals surface area contributed by atoms with Crippen molar-refractivity contribution in [3.05, 3.63) is 12.2 Å². The summed E-state index contributed by atoms with van der Waals surface area (Å²) in [5.74, 6) is 12.9. The van der Waals surface area contributed by atoms with Gasteiger partial charge >= 0.3 is 0 Å². The molecule has 0 aromatic heterocycles. The van der Waals surface area contributed by atoms with Gasteiger partial charge in [0.2, 0.25) is 17.7 Å². The van der Waals surface area contributed by atoms with Crippen LogP contribution in [-0.4, -0.2) is 17.7 Å². The second-order valence-corrected chi connectivity index (χ2v) is 3.46. The number of carbonyl (C=O) groups excluding carboxylic acids is 3. The summed E-state index contributed by atoms with van der Waals surface area (Å²) in [4.78, 5) is 33.2. The maximum Gasteiger partial charge on any atom is 0.237 e. The van der Waals surface area contributed by atoms with Crippen LogP contribution >= 0.6 is 0 Å². The highest BCUT2D eigenvalue weighted by molar-refractivity contribution is 5.85. The Morgan fingerprint density at radius 3 is 2.06 bits per heavy atom. The molecule has 9 nitrogen and oxygen atoms in total. The summed E-state index contributed by atoms with van der Waals surface area (Å²) in [6, 6.07) is 0. The van der Waals surface area contributed by atoms with Gasteiger partial charge in [-0.15, -0.1) is 0 Å². The molecule has 0 heterocycles. The normalized spacial score (nSPS) is 11.9. The monoisotopic (exact) mass is 258 g/mol. The Hall–Kier alpha value is -1.97. The number of hydrogen-bond acceptors (Lipinski definition) is 6. The van der Waals surface area contributed by atoms with Crippen LogP contribution in [0.25, 0.3) is 0 Å². The van der Waals surface area contributed by atoms with Gasteiger partial charge in [0.25, 0.3) is 0 Å². The minimum absolute atomic E-state index is 0.0903. The molecule has 0 aromatic rings. The minimum atomic E-state index is -0.643. The van der Waals surface area contributed by atoms with Gasteiger partial charge in [0.05, 0.1) is 5.92 Å². The van der Waals surface area contributed by atoms with Crippen molar-refractivity contribution < 1.29 is 14.4 Å². The molecule has 3 amide bonds. The molecule has 102 valence electrons. The van der Waals surface area contributed by atoms with Crippen molar-refractivity contribution in [2.75, 3.05) is 0 Å². The molecule has 0 rings (SSSR count). The topological polar surface area (TPSA) is 165 Å². The zero-order valence-corrected chi connectivity index (χ0v) is 9.81. The van der Waals surface area contributed by atoms with Gasteiger partial charge in [0, 0.05) is 12.8 Å². The molecule has 9 N–H and O–H groups in total. The van der Waals surface area contributed by atoms with Gasteiger partial charge in [-0.3, -0.25) is 30.7 Å².